The summed E-state index contributed by atoms with van der Waals surface area (Å²) >= 11 is 1.62. The standard InChI is InChI=1S/C14H17N3O2S/c1-9-3-4-11(14(15)17-18)12(7-9)19-6-5-13-10(2)16-8-20-13/h3-4,7-8,18H,5-6H2,1-2H3,(H2,15,17). The molecular formula is C14H17N3O2S. The Hall–Kier alpha value is -2.08. The molecule has 0 radical (unpaired) electrons. The maximum absolute atomic E-state index is 8.79. The molecule has 0 aliphatic heterocycles. The van der Waals surface area contributed by atoms with Crippen LogP contribution in [-0.2, 0) is 6.42 Å². The van der Waals surface area contributed by atoms with Gasteiger partial charge >= 0.3 is 0 Å². The van der Waals surface area contributed by atoms with Gasteiger partial charge in [0.05, 0.1) is 23.4 Å². The number of oxime groups is 1. The van der Waals surface area contributed by atoms with Gasteiger partial charge in [-0.25, -0.2) is 4.98 Å². The van der Waals surface area contributed by atoms with Gasteiger partial charge in [0.15, 0.2) is 5.84 Å². The monoisotopic (exact) mass is 291 g/mol. The van der Waals surface area contributed by atoms with Gasteiger partial charge in [0, 0.05) is 11.3 Å². The number of nitrogens with zero attached hydrogens (tertiary/aromatic N) is 2. The average Bonchev–Trinajstić information content (AvgIpc) is 2.84. The Labute approximate surface area is 121 Å². The summed E-state index contributed by atoms with van der Waals surface area (Å²) in [6.07, 6.45) is 0.792. The van der Waals surface area contributed by atoms with Crippen LogP contribution >= 0.6 is 11.3 Å². The largest absolute Gasteiger partial charge is 0.492 e. The van der Waals surface area contributed by atoms with Gasteiger partial charge in [-0.15, -0.1) is 11.3 Å². The Bertz CT molecular complexity index is 623. The SMILES string of the molecule is Cc1ccc(C(N)=NO)c(OCCc2scnc2C)c1. The smallest absolute Gasteiger partial charge is 0.173 e. The molecule has 5 nitrogen and oxygen atoms in total. The number of hydrogen-bond acceptors (Lipinski definition) is 5. The molecule has 0 spiro atoms. The molecular weight excluding hydrogens is 274 g/mol. The molecule has 0 aliphatic carbocycles. The first-order valence-electron chi connectivity index (χ1n) is 6.22. The third kappa shape index (κ3) is 3.27. The van der Waals surface area contributed by atoms with Gasteiger partial charge in [-0.3, -0.25) is 0 Å². The van der Waals surface area contributed by atoms with Crippen LogP contribution in [0.4, 0.5) is 0 Å². The normalized spacial score (nSPS) is 11.6. The molecule has 0 bridgehead atoms. The molecule has 0 fully saturated rings. The number of ether oxygens (including phenoxy) is 1. The second-order valence-electron chi connectivity index (χ2n) is 4.44. The summed E-state index contributed by atoms with van der Waals surface area (Å²) in [5.41, 5.74) is 10.2. The molecule has 6 heteroatoms. The number of aryl methyl sites for hydroxylation is 2. The van der Waals surface area contributed by atoms with Crippen LogP contribution in [-0.4, -0.2) is 22.6 Å². The van der Waals surface area contributed by atoms with Gasteiger partial charge in [-0.05, 0) is 31.5 Å². The fourth-order valence-electron chi connectivity index (χ4n) is 1.83. The summed E-state index contributed by atoms with van der Waals surface area (Å²) in [4.78, 5) is 5.42. The van der Waals surface area contributed by atoms with Crippen molar-refractivity contribution in [3.8, 4) is 5.75 Å². The first-order chi connectivity index (χ1) is 9.61. The summed E-state index contributed by atoms with van der Waals surface area (Å²) < 4.78 is 5.78. The summed E-state index contributed by atoms with van der Waals surface area (Å²) in [7, 11) is 0. The number of rotatable bonds is 5. The van der Waals surface area contributed by atoms with E-state index in [9.17, 15) is 0 Å². The number of nitrogens with two attached hydrogens (primary N) is 1. The van der Waals surface area contributed by atoms with Gasteiger partial charge in [-0.1, -0.05) is 11.2 Å². The quantitative estimate of drug-likeness (QED) is 0.384. The van der Waals surface area contributed by atoms with Crippen molar-refractivity contribution in [2.75, 3.05) is 6.61 Å². The zero-order chi connectivity index (χ0) is 14.5. The summed E-state index contributed by atoms with van der Waals surface area (Å²) in [6, 6.07) is 5.57. The van der Waals surface area contributed by atoms with Gasteiger partial charge in [-0.2, -0.15) is 0 Å². The lowest BCUT2D eigenvalue weighted by Crippen LogP contribution is -2.15. The second kappa shape index (κ2) is 6.38. The minimum absolute atomic E-state index is 0.0500. The van der Waals surface area contributed by atoms with Gasteiger partial charge < -0.3 is 15.7 Å². The minimum Gasteiger partial charge on any atom is -0.492 e. The summed E-state index contributed by atoms with van der Waals surface area (Å²) in [5.74, 6) is 0.677. The van der Waals surface area contributed by atoms with Crippen molar-refractivity contribution in [3.63, 3.8) is 0 Å². The Morgan fingerprint density at radius 2 is 2.25 bits per heavy atom. The molecule has 0 aliphatic rings. The first kappa shape index (κ1) is 14.3. The maximum Gasteiger partial charge on any atom is 0.173 e. The van der Waals surface area contributed by atoms with Gasteiger partial charge in [0.1, 0.15) is 5.75 Å². The second-order valence-corrected chi connectivity index (χ2v) is 5.38. The van der Waals surface area contributed by atoms with E-state index in [1.807, 2.05) is 31.5 Å². The minimum atomic E-state index is 0.0500. The molecule has 0 atom stereocenters. The van der Waals surface area contributed by atoms with Crippen molar-refractivity contribution in [2.45, 2.75) is 20.3 Å². The lowest BCUT2D eigenvalue weighted by molar-refractivity contribution is 0.314. The van der Waals surface area contributed by atoms with Crippen molar-refractivity contribution in [2.24, 2.45) is 10.9 Å². The van der Waals surface area contributed by atoms with Crippen molar-refractivity contribution < 1.29 is 9.94 Å². The highest BCUT2D eigenvalue weighted by Gasteiger charge is 2.09. The van der Waals surface area contributed by atoms with E-state index in [4.69, 9.17) is 15.7 Å². The molecule has 2 rings (SSSR count). The number of amidine groups is 1. The molecule has 106 valence electrons. The van der Waals surface area contributed by atoms with E-state index < -0.39 is 0 Å². The fraction of sp³-hybridized carbons (Fsp3) is 0.286. The summed E-state index contributed by atoms with van der Waals surface area (Å²) in [5, 5.41) is 11.8. The average molecular weight is 291 g/mol. The molecule has 0 unspecified atom stereocenters. The Morgan fingerprint density at radius 1 is 1.45 bits per heavy atom. The molecule has 1 heterocycles. The molecule has 2 aromatic rings. The Balaban J connectivity index is 2.09. The van der Waals surface area contributed by atoms with Gasteiger partial charge in [0.2, 0.25) is 0 Å². The van der Waals surface area contributed by atoms with E-state index in [2.05, 4.69) is 10.1 Å². The van der Waals surface area contributed by atoms with E-state index >= 15 is 0 Å². The van der Waals surface area contributed by atoms with Crippen LogP contribution < -0.4 is 10.5 Å². The first-order valence-corrected chi connectivity index (χ1v) is 7.10. The fourth-order valence-corrected chi connectivity index (χ4v) is 2.60. The lowest BCUT2D eigenvalue weighted by atomic mass is 10.1. The van der Waals surface area contributed by atoms with Crippen LogP contribution in [0.15, 0.2) is 28.9 Å². The number of benzene rings is 1. The van der Waals surface area contributed by atoms with E-state index in [-0.39, 0.29) is 5.84 Å². The van der Waals surface area contributed by atoms with Crippen molar-refractivity contribution in [1.29, 1.82) is 0 Å². The molecule has 3 N–H and O–H groups in total. The predicted octanol–water partition coefficient (Wildman–Crippen LogP) is 2.48. The highest BCUT2D eigenvalue weighted by molar-refractivity contribution is 7.09. The van der Waals surface area contributed by atoms with Crippen molar-refractivity contribution in [1.82, 2.24) is 4.98 Å². The summed E-state index contributed by atoms with van der Waals surface area (Å²) in [6.45, 7) is 4.48. The Kier molecular flexibility index (Phi) is 4.57. The third-order valence-corrected chi connectivity index (χ3v) is 3.95. The van der Waals surface area contributed by atoms with Crippen LogP contribution in [0.25, 0.3) is 0 Å². The third-order valence-electron chi connectivity index (χ3n) is 2.95. The molecule has 0 saturated heterocycles. The zero-order valence-electron chi connectivity index (χ0n) is 11.5. The van der Waals surface area contributed by atoms with Crippen LogP contribution in [0.1, 0.15) is 21.7 Å². The predicted molar refractivity (Wildman–Crippen MR) is 79.7 cm³/mol. The molecule has 0 saturated carbocycles. The van der Waals surface area contributed by atoms with Crippen molar-refractivity contribution in [3.05, 3.63) is 45.4 Å². The van der Waals surface area contributed by atoms with E-state index in [0.717, 1.165) is 17.7 Å². The van der Waals surface area contributed by atoms with Crippen LogP contribution in [0, 0.1) is 13.8 Å². The highest BCUT2D eigenvalue weighted by Crippen LogP contribution is 2.21. The van der Waals surface area contributed by atoms with E-state index in [1.165, 1.54) is 4.88 Å². The highest BCUT2D eigenvalue weighted by atomic mass is 32.1. The van der Waals surface area contributed by atoms with Crippen LogP contribution in [0.5, 0.6) is 5.75 Å². The molecule has 1 aromatic carbocycles. The maximum atomic E-state index is 8.79. The molecule has 1 aromatic heterocycles. The van der Waals surface area contributed by atoms with Crippen LogP contribution in [0.2, 0.25) is 0 Å². The zero-order valence-corrected chi connectivity index (χ0v) is 12.3. The number of thiazole rings is 1. The van der Waals surface area contributed by atoms with E-state index in [1.54, 1.807) is 17.4 Å². The topological polar surface area (TPSA) is 80.7 Å². The molecule has 20 heavy (non-hydrogen) atoms. The number of hydrogen-bond donors (Lipinski definition) is 2. The lowest BCUT2D eigenvalue weighted by Gasteiger charge is -2.11. The molecule has 0 amide bonds. The van der Waals surface area contributed by atoms with E-state index in [0.29, 0.717) is 17.9 Å². The Morgan fingerprint density at radius 3 is 2.90 bits per heavy atom. The number of aromatic nitrogens is 1. The van der Waals surface area contributed by atoms with Crippen LogP contribution in [0.3, 0.4) is 0 Å². The van der Waals surface area contributed by atoms with Gasteiger partial charge in [0.25, 0.3) is 0 Å². The van der Waals surface area contributed by atoms with Crippen molar-refractivity contribution >= 4 is 17.2 Å².